The van der Waals surface area contributed by atoms with Gasteiger partial charge in [0.2, 0.25) is 0 Å². The molecule has 1 aliphatic rings. The number of benzene rings is 1. The number of amides is 1. The molecule has 1 fully saturated rings. The molecule has 1 aromatic carbocycles. The standard InChI is InChI=1S/C12H13NO4/c1-8-3-2-4-9(7-8)13-10(11(14)15)5-6-17-12(13)16/h2-4,7,10H,5-6H2,1H3,(H,14,15). The van der Waals surface area contributed by atoms with E-state index in [-0.39, 0.29) is 6.61 Å². The number of carbonyl (C=O) groups excluding carboxylic acids is 1. The summed E-state index contributed by atoms with van der Waals surface area (Å²) in [7, 11) is 0. The molecule has 1 saturated heterocycles. The fourth-order valence-corrected chi connectivity index (χ4v) is 1.88. The van der Waals surface area contributed by atoms with Crippen LogP contribution in [0.25, 0.3) is 0 Å². The Labute approximate surface area is 98.6 Å². The number of nitrogens with zero attached hydrogens (tertiary/aromatic N) is 1. The largest absolute Gasteiger partial charge is 0.480 e. The highest BCUT2D eigenvalue weighted by atomic mass is 16.6. The van der Waals surface area contributed by atoms with Gasteiger partial charge in [-0.05, 0) is 24.6 Å². The Morgan fingerprint density at radius 2 is 2.29 bits per heavy atom. The average molecular weight is 235 g/mol. The van der Waals surface area contributed by atoms with Crippen molar-refractivity contribution in [1.29, 1.82) is 0 Å². The second-order valence-corrected chi connectivity index (χ2v) is 3.97. The summed E-state index contributed by atoms with van der Waals surface area (Å²) in [5.41, 5.74) is 1.52. The van der Waals surface area contributed by atoms with Crippen molar-refractivity contribution in [2.24, 2.45) is 0 Å². The maximum atomic E-state index is 11.7. The molecule has 0 saturated carbocycles. The molecule has 0 aromatic heterocycles. The summed E-state index contributed by atoms with van der Waals surface area (Å²) in [4.78, 5) is 24.0. The van der Waals surface area contributed by atoms with E-state index in [1.54, 1.807) is 18.2 Å². The van der Waals surface area contributed by atoms with Crippen LogP contribution in [-0.2, 0) is 9.53 Å². The van der Waals surface area contributed by atoms with Crippen molar-refractivity contribution in [3.63, 3.8) is 0 Å². The zero-order valence-corrected chi connectivity index (χ0v) is 9.42. The molecule has 5 nitrogen and oxygen atoms in total. The van der Waals surface area contributed by atoms with Crippen LogP contribution in [0.2, 0.25) is 0 Å². The summed E-state index contributed by atoms with van der Waals surface area (Å²) < 4.78 is 4.89. The van der Waals surface area contributed by atoms with Gasteiger partial charge in [-0.3, -0.25) is 4.90 Å². The minimum absolute atomic E-state index is 0.151. The predicted molar refractivity (Wildman–Crippen MR) is 61.0 cm³/mol. The molecule has 1 unspecified atom stereocenters. The first kappa shape index (κ1) is 11.4. The highest BCUT2D eigenvalue weighted by Crippen LogP contribution is 2.24. The van der Waals surface area contributed by atoms with Gasteiger partial charge in [0.05, 0.1) is 6.61 Å². The van der Waals surface area contributed by atoms with Crippen LogP contribution in [-0.4, -0.2) is 29.8 Å². The number of carboxylic acid groups (broad SMARTS) is 1. The summed E-state index contributed by atoms with van der Waals surface area (Å²) in [6.07, 6.45) is -0.302. The highest BCUT2D eigenvalue weighted by molar-refractivity contribution is 5.96. The lowest BCUT2D eigenvalue weighted by atomic mass is 10.1. The van der Waals surface area contributed by atoms with E-state index in [1.807, 2.05) is 13.0 Å². The summed E-state index contributed by atoms with van der Waals surface area (Å²) in [6, 6.07) is 6.29. The Hall–Kier alpha value is -2.04. The van der Waals surface area contributed by atoms with Gasteiger partial charge < -0.3 is 9.84 Å². The van der Waals surface area contributed by atoms with Gasteiger partial charge in [0, 0.05) is 12.1 Å². The number of hydrogen-bond acceptors (Lipinski definition) is 3. The Bertz CT molecular complexity index is 458. The number of carbonyl (C=O) groups is 2. The lowest BCUT2D eigenvalue weighted by Gasteiger charge is -2.32. The van der Waals surface area contributed by atoms with Crippen LogP contribution < -0.4 is 4.90 Å². The van der Waals surface area contributed by atoms with Crippen LogP contribution in [0.4, 0.5) is 10.5 Å². The van der Waals surface area contributed by atoms with E-state index in [9.17, 15) is 9.59 Å². The molecule has 1 aliphatic heterocycles. The van der Waals surface area contributed by atoms with Crippen molar-refractivity contribution in [3.8, 4) is 0 Å². The normalized spacial score (nSPS) is 19.9. The lowest BCUT2D eigenvalue weighted by Crippen LogP contribution is -2.50. The molecule has 1 N–H and O–H groups in total. The van der Waals surface area contributed by atoms with Crippen LogP contribution in [0, 0.1) is 6.92 Å². The van der Waals surface area contributed by atoms with Gasteiger partial charge in [-0.25, -0.2) is 9.59 Å². The zero-order chi connectivity index (χ0) is 12.4. The van der Waals surface area contributed by atoms with Crippen LogP contribution in [0.15, 0.2) is 24.3 Å². The average Bonchev–Trinajstić information content (AvgIpc) is 2.28. The van der Waals surface area contributed by atoms with Crippen molar-refractivity contribution in [2.45, 2.75) is 19.4 Å². The topological polar surface area (TPSA) is 66.8 Å². The summed E-state index contributed by atoms with van der Waals surface area (Å²) in [6.45, 7) is 2.03. The molecule has 90 valence electrons. The molecular formula is C12H13NO4. The summed E-state index contributed by atoms with van der Waals surface area (Å²) in [5.74, 6) is -1.01. The van der Waals surface area contributed by atoms with E-state index in [0.29, 0.717) is 12.1 Å². The van der Waals surface area contributed by atoms with Crippen molar-refractivity contribution in [2.75, 3.05) is 11.5 Å². The molecule has 5 heteroatoms. The van der Waals surface area contributed by atoms with E-state index in [4.69, 9.17) is 9.84 Å². The maximum absolute atomic E-state index is 11.7. The number of ether oxygens (including phenoxy) is 1. The predicted octanol–water partition coefficient (Wildman–Crippen LogP) is 1.79. The minimum Gasteiger partial charge on any atom is -0.480 e. The van der Waals surface area contributed by atoms with Crippen LogP contribution in [0.5, 0.6) is 0 Å². The number of hydrogen-bond donors (Lipinski definition) is 1. The van der Waals surface area contributed by atoms with Gasteiger partial charge in [0.1, 0.15) is 6.04 Å². The SMILES string of the molecule is Cc1cccc(N2C(=O)OCCC2C(=O)O)c1. The van der Waals surface area contributed by atoms with Gasteiger partial charge in [-0.2, -0.15) is 0 Å². The third-order valence-electron chi connectivity index (χ3n) is 2.69. The molecule has 0 radical (unpaired) electrons. The van der Waals surface area contributed by atoms with Gasteiger partial charge in [0.15, 0.2) is 0 Å². The molecule has 0 aliphatic carbocycles. The Kier molecular flexibility index (Phi) is 2.99. The zero-order valence-electron chi connectivity index (χ0n) is 9.42. The number of carboxylic acids is 1. The van der Waals surface area contributed by atoms with E-state index < -0.39 is 18.1 Å². The molecule has 17 heavy (non-hydrogen) atoms. The van der Waals surface area contributed by atoms with Crippen molar-refractivity contribution < 1.29 is 19.4 Å². The van der Waals surface area contributed by atoms with E-state index >= 15 is 0 Å². The molecular weight excluding hydrogens is 222 g/mol. The minimum atomic E-state index is -1.01. The maximum Gasteiger partial charge on any atom is 0.415 e. The number of rotatable bonds is 2. The molecule has 0 spiro atoms. The number of aliphatic carboxylic acids is 1. The van der Waals surface area contributed by atoms with Crippen molar-refractivity contribution in [1.82, 2.24) is 0 Å². The third kappa shape index (κ3) is 2.22. The Morgan fingerprint density at radius 3 is 2.94 bits per heavy atom. The smallest absolute Gasteiger partial charge is 0.415 e. The number of anilines is 1. The molecule has 1 heterocycles. The first-order valence-corrected chi connectivity index (χ1v) is 5.35. The fourth-order valence-electron chi connectivity index (χ4n) is 1.88. The molecule has 0 bridgehead atoms. The van der Waals surface area contributed by atoms with E-state index in [1.165, 1.54) is 4.90 Å². The van der Waals surface area contributed by atoms with Gasteiger partial charge in [0.25, 0.3) is 0 Å². The van der Waals surface area contributed by atoms with Crippen molar-refractivity contribution >= 4 is 17.7 Å². The molecule has 1 atom stereocenters. The van der Waals surface area contributed by atoms with Crippen LogP contribution in [0.1, 0.15) is 12.0 Å². The molecule has 1 amide bonds. The van der Waals surface area contributed by atoms with Crippen LogP contribution >= 0.6 is 0 Å². The second kappa shape index (κ2) is 4.45. The van der Waals surface area contributed by atoms with E-state index in [2.05, 4.69) is 0 Å². The monoisotopic (exact) mass is 235 g/mol. The summed E-state index contributed by atoms with van der Waals surface area (Å²) >= 11 is 0. The van der Waals surface area contributed by atoms with Gasteiger partial charge >= 0.3 is 12.1 Å². The first-order chi connectivity index (χ1) is 8.09. The molecule has 1 aromatic rings. The highest BCUT2D eigenvalue weighted by Gasteiger charge is 2.35. The van der Waals surface area contributed by atoms with Crippen LogP contribution in [0.3, 0.4) is 0 Å². The van der Waals surface area contributed by atoms with E-state index in [0.717, 1.165) is 5.56 Å². The fraction of sp³-hybridized carbons (Fsp3) is 0.333. The number of cyclic esters (lactones) is 1. The first-order valence-electron chi connectivity index (χ1n) is 5.35. The van der Waals surface area contributed by atoms with Gasteiger partial charge in [-0.1, -0.05) is 12.1 Å². The lowest BCUT2D eigenvalue weighted by molar-refractivity contribution is -0.139. The third-order valence-corrected chi connectivity index (χ3v) is 2.69. The molecule has 2 rings (SSSR count). The Balaban J connectivity index is 2.38. The van der Waals surface area contributed by atoms with Gasteiger partial charge in [-0.15, -0.1) is 0 Å². The van der Waals surface area contributed by atoms with Crippen molar-refractivity contribution in [3.05, 3.63) is 29.8 Å². The quantitative estimate of drug-likeness (QED) is 0.848. The second-order valence-electron chi connectivity index (χ2n) is 3.97. The number of aryl methyl sites for hydroxylation is 1. The Morgan fingerprint density at radius 1 is 1.53 bits per heavy atom. The summed E-state index contributed by atoms with van der Waals surface area (Å²) in [5, 5.41) is 9.11.